The number of halogens is 2. The van der Waals surface area contributed by atoms with Crippen molar-refractivity contribution < 1.29 is 27.5 Å². The predicted molar refractivity (Wildman–Crippen MR) is 171 cm³/mol. The number of sulfonamides is 1. The van der Waals surface area contributed by atoms with Crippen LogP contribution in [0.3, 0.4) is 0 Å². The summed E-state index contributed by atoms with van der Waals surface area (Å²) in [4.78, 5) is 31.5. The molecule has 4 rings (SSSR count). The van der Waals surface area contributed by atoms with Crippen LogP contribution in [0.25, 0.3) is 0 Å². The third-order valence-electron chi connectivity index (χ3n) is 7.11. The van der Waals surface area contributed by atoms with E-state index in [4.69, 9.17) is 44.9 Å². The predicted octanol–water partition coefficient (Wildman–Crippen LogP) is 5.32. The summed E-state index contributed by atoms with van der Waals surface area (Å²) in [7, 11) is 1.95. The molecule has 3 aromatic carbocycles. The maximum absolute atomic E-state index is 14.4. The van der Waals surface area contributed by atoms with Gasteiger partial charge in [-0.25, -0.2) is 8.42 Å². The number of benzene rings is 3. The topological polar surface area (TPSA) is 96.5 Å². The van der Waals surface area contributed by atoms with Crippen molar-refractivity contribution in [3.05, 3.63) is 81.8 Å². The van der Waals surface area contributed by atoms with Gasteiger partial charge in [0.25, 0.3) is 10.0 Å². The van der Waals surface area contributed by atoms with Gasteiger partial charge in [0, 0.05) is 42.9 Å². The summed E-state index contributed by atoms with van der Waals surface area (Å²) in [6.45, 7) is -0.193. The first kappa shape index (κ1) is 32.5. The minimum absolute atomic E-state index is 0.0385. The van der Waals surface area contributed by atoms with E-state index in [-0.39, 0.29) is 43.5 Å². The number of methoxy groups -OCH3 is 2. The Morgan fingerprint density at radius 2 is 1.67 bits per heavy atom. The van der Waals surface area contributed by atoms with Crippen LogP contribution in [-0.2, 0) is 14.8 Å². The first-order valence-electron chi connectivity index (χ1n) is 13.2. The largest absolute Gasteiger partial charge is 0.493 e. The lowest BCUT2D eigenvalue weighted by Gasteiger charge is -2.32. The smallest absolute Gasteiger partial charge is 0.264 e. The summed E-state index contributed by atoms with van der Waals surface area (Å²) in [5.74, 6) is -0.533. The van der Waals surface area contributed by atoms with E-state index in [1.54, 1.807) is 42.1 Å². The van der Waals surface area contributed by atoms with Crippen LogP contribution in [0.4, 0.5) is 5.69 Å². The quantitative estimate of drug-likeness (QED) is 0.213. The van der Waals surface area contributed by atoms with Crippen LogP contribution in [0.1, 0.15) is 28.8 Å². The average molecular weight is 665 g/mol. The fourth-order valence-corrected chi connectivity index (χ4v) is 7.02. The van der Waals surface area contributed by atoms with Crippen molar-refractivity contribution >= 4 is 67.8 Å². The maximum atomic E-state index is 14.4. The fraction of sp³-hybridized carbons (Fsp3) is 0.300. The van der Waals surface area contributed by atoms with Crippen LogP contribution in [0.5, 0.6) is 11.5 Å². The number of anilines is 1. The Morgan fingerprint density at radius 1 is 0.977 bits per heavy atom. The molecule has 0 aliphatic carbocycles. The number of ketones is 1. The van der Waals surface area contributed by atoms with E-state index >= 15 is 0 Å². The summed E-state index contributed by atoms with van der Waals surface area (Å²) in [6.07, 6.45) is 1.37. The van der Waals surface area contributed by atoms with Crippen LogP contribution in [0.2, 0.25) is 10.0 Å². The Morgan fingerprint density at radius 3 is 2.33 bits per heavy atom. The molecule has 1 saturated heterocycles. The molecule has 1 aliphatic rings. The van der Waals surface area contributed by atoms with E-state index in [1.165, 1.54) is 56.7 Å². The highest BCUT2D eigenvalue weighted by Crippen LogP contribution is 2.36. The van der Waals surface area contributed by atoms with Crippen molar-refractivity contribution in [2.24, 2.45) is 0 Å². The van der Waals surface area contributed by atoms with Gasteiger partial charge in [-0.1, -0.05) is 47.6 Å². The number of thiocarbonyl (C=S) groups is 1. The molecule has 1 aliphatic heterocycles. The fourth-order valence-electron chi connectivity index (χ4n) is 4.94. The van der Waals surface area contributed by atoms with Gasteiger partial charge in [-0.05, 0) is 55.3 Å². The van der Waals surface area contributed by atoms with Gasteiger partial charge >= 0.3 is 0 Å². The Kier molecular flexibility index (Phi) is 10.2. The van der Waals surface area contributed by atoms with Crippen molar-refractivity contribution in [1.82, 2.24) is 9.80 Å². The normalized spacial score (nSPS) is 14.7. The summed E-state index contributed by atoms with van der Waals surface area (Å²) in [6, 6.07) is 14.4. The molecule has 1 heterocycles. The van der Waals surface area contributed by atoms with Gasteiger partial charge in [0.2, 0.25) is 5.91 Å². The van der Waals surface area contributed by atoms with Crippen molar-refractivity contribution in [2.75, 3.05) is 45.7 Å². The van der Waals surface area contributed by atoms with Crippen LogP contribution >= 0.6 is 35.4 Å². The molecular weight excluding hydrogens is 633 g/mol. The number of nitrogens with zero attached hydrogens (tertiary/aromatic N) is 3. The molecule has 9 nitrogen and oxygen atoms in total. The Labute approximate surface area is 266 Å². The molecule has 1 amide bonds. The van der Waals surface area contributed by atoms with Gasteiger partial charge in [-0.2, -0.15) is 0 Å². The summed E-state index contributed by atoms with van der Waals surface area (Å²) < 4.78 is 40.3. The SMILES string of the molecule is COc1ccc(S(=O)(=O)N(CC(=O)N2CCC[C@H]2C(=S)N(C)C)c2ccc(Cl)cc2C(=O)c2ccccc2Cl)cc1OC. The lowest BCUT2D eigenvalue weighted by Crippen LogP contribution is -2.49. The van der Waals surface area contributed by atoms with Crippen LogP contribution in [-0.4, -0.2) is 82.3 Å². The highest BCUT2D eigenvalue weighted by Gasteiger charge is 2.37. The first-order chi connectivity index (χ1) is 20.4. The third kappa shape index (κ3) is 6.75. The minimum Gasteiger partial charge on any atom is -0.493 e. The third-order valence-corrected chi connectivity index (χ3v) is 10.1. The molecule has 228 valence electrons. The van der Waals surface area contributed by atoms with Crippen LogP contribution in [0, 0.1) is 0 Å². The maximum Gasteiger partial charge on any atom is 0.264 e. The van der Waals surface area contributed by atoms with Crippen molar-refractivity contribution in [2.45, 2.75) is 23.8 Å². The Balaban J connectivity index is 1.88. The number of ether oxygens (including phenoxy) is 2. The van der Waals surface area contributed by atoms with Gasteiger partial charge in [0.15, 0.2) is 17.3 Å². The molecule has 13 heteroatoms. The zero-order chi connectivity index (χ0) is 31.5. The molecular formula is C30H31Cl2N3O6S2. The summed E-state index contributed by atoms with van der Waals surface area (Å²) in [5.41, 5.74) is 0.0704. The Bertz CT molecular complexity index is 1670. The van der Waals surface area contributed by atoms with E-state index in [0.29, 0.717) is 30.1 Å². The molecule has 0 N–H and O–H groups in total. The number of carbonyl (C=O) groups is 2. The monoisotopic (exact) mass is 663 g/mol. The van der Waals surface area contributed by atoms with E-state index < -0.39 is 28.3 Å². The minimum atomic E-state index is -4.47. The molecule has 3 aromatic rings. The molecule has 0 spiro atoms. The van der Waals surface area contributed by atoms with Gasteiger partial charge in [-0.15, -0.1) is 0 Å². The van der Waals surface area contributed by atoms with Crippen LogP contribution < -0.4 is 13.8 Å². The number of amides is 1. The zero-order valence-electron chi connectivity index (χ0n) is 24.0. The van der Waals surface area contributed by atoms with Crippen molar-refractivity contribution in [1.29, 1.82) is 0 Å². The molecule has 1 atom stereocenters. The Hall–Kier alpha value is -3.38. The number of rotatable bonds is 10. The standard InChI is InChI=1S/C30H31Cl2N3O6S2/c1-33(2)30(42)25-10-7-15-34(25)28(36)18-35(43(38,39)20-12-14-26(40-3)27(17-20)41-4)24-13-11-19(31)16-22(24)29(37)21-8-5-6-9-23(21)32/h5-6,8-9,11-14,16-17,25H,7,10,15,18H2,1-4H3/t25-/m0/s1. The van der Waals surface area contributed by atoms with Gasteiger partial charge in [-0.3, -0.25) is 13.9 Å². The number of likely N-dealkylation sites (N-methyl/N-ethyl adjacent to an activating group) is 1. The van der Waals surface area contributed by atoms with E-state index in [2.05, 4.69) is 0 Å². The molecule has 0 radical (unpaired) electrons. The molecule has 0 unspecified atom stereocenters. The van der Waals surface area contributed by atoms with Gasteiger partial charge < -0.3 is 19.3 Å². The lowest BCUT2D eigenvalue weighted by atomic mass is 10.0. The summed E-state index contributed by atoms with van der Waals surface area (Å²) >= 11 is 18.2. The number of hydrogen-bond donors (Lipinski definition) is 0. The van der Waals surface area contributed by atoms with Crippen LogP contribution in [0.15, 0.2) is 65.6 Å². The second-order valence-electron chi connectivity index (χ2n) is 9.98. The molecule has 0 saturated carbocycles. The molecule has 0 bridgehead atoms. The molecule has 0 aromatic heterocycles. The highest BCUT2D eigenvalue weighted by atomic mass is 35.5. The van der Waals surface area contributed by atoms with E-state index in [9.17, 15) is 18.0 Å². The van der Waals surface area contributed by atoms with Crippen molar-refractivity contribution in [3.63, 3.8) is 0 Å². The number of hydrogen-bond acceptors (Lipinski definition) is 7. The summed E-state index contributed by atoms with van der Waals surface area (Å²) in [5, 5.41) is 0.380. The van der Waals surface area contributed by atoms with Gasteiger partial charge in [0.1, 0.15) is 11.5 Å². The molecule has 1 fully saturated rings. The second kappa shape index (κ2) is 13.5. The first-order valence-corrected chi connectivity index (χ1v) is 15.8. The van der Waals surface area contributed by atoms with Crippen molar-refractivity contribution in [3.8, 4) is 11.5 Å². The van der Waals surface area contributed by atoms with E-state index in [1.807, 2.05) is 0 Å². The second-order valence-corrected chi connectivity index (χ2v) is 13.1. The average Bonchev–Trinajstić information content (AvgIpc) is 3.49. The number of carbonyl (C=O) groups excluding carboxylic acids is 2. The lowest BCUT2D eigenvalue weighted by molar-refractivity contribution is -0.129. The highest BCUT2D eigenvalue weighted by molar-refractivity contribution is 7.92. The van der Waals surface area contributed by atoms with Gasteiger partial charge in [0.05, 0.1) is 35.9 Å². The molecule has 43 heavy (non-hydrogen) atoms. The van der Waals surface area contributed by atoms with E-state index in [0.717, 1.165) is 4.31 Å². The zero-order valence-corrected chi connectivity index (χ0v) is 27.2. The number of likely N-dealkylation sites (tertiary alicyclic amines) is 1.